The molecule has 8 heteroatoms. The molecular formula is C20H17N3O4S. The number of nitrogens with zero attached hydrogens (tertiary/aromatic N) is 3. The van der Waals surface area contributed by atoms with Gasteiger partial charge in [0, 0.05) is 31.1 Å². The second-order valence-corrected chi connectivity index (χ2v) is 8.39. The number of non-ortho nitro benzene ring substituents is 1. The van der Waals surface area contributed by atoms with Crippen molar-refractivity contribution in [3.63, 3.8) is 0 Å². The van der Waals surface area contributed by atoms with Gasteiger partial charge in [0.05, 0.1) is 15.9 Å². The van der Waals surface area contributed by atoms with E-state index >= 15 is 0 Å². The van der Waals surface area contributed by atoms with Crippen LogP contribution in [0, 0.1) is 10.1 Å². The minimum atomic E-state index is -3.85. The SMILES string of the molecule is O=[N+]([O-])c1ccc(S(=O)(=O)N2CCc3ccccc3C2c2ccncc2)cc1. The summed E-state index contributed by atoms with van der Waals surface area (Å²) in [6.45, 7) is 0.323. The Kier molecular flexibility index (Phi) is 4.66. The predicted octanol–water partition coefficient (Wildman–Crippen LogP) is 3.33. The lowest BCUT2D eigenvalue weighted by atomic mass is 9.90. The van der Waals surface area contributed by atoms with E-state index in [2.05, 4.69) is 4.98 Å². The van der Waals surface area contributed by atoms with Gasteiger partial charge in [0.15, 0.2) is 0 Å². The Morgan fingerprint density at radius 2 is 1.68 bits per heavy atom. The summed E-state index contributed by atoms with van der Waals surface area (Å²) in [4.78, 5) is 14.4. The maximum Gasteiger partial charge on any atom is 0.269 e. The number of aromatic nitrogens is 1. The first kappa shape index (κ1) is 18.3. The van der Waals surface area contributed by atoms with Gasteiger partial charge in [0.1, 0.15) is 0 Å². The van der Waals surface area contributed by atoms with Crippen LogP contribution in [0.5, 0.6) is 0 Å². The molecule has 0 N–H and O–H groups in total. The standard InChI is InChI=1S/C20H17N3O4S/c24-23(25)17-5-7-18(8-6-17)28(26,27)22-14-11-15-3-1-2-4-19(15)20(22)16-9-12-21-13-10-16/h1-10,12-13,20H,11,14H2. The van der Waals surface area contributed by atoms with E-state index in [0.717, 1.165) is 16.7 Å². The molecule has 0 saturated carbocycles. The quantitative estimate of drug-likeness (QED) is 0.499. The van der Waals surface area contributed by atoms with Crippen molar-refractivity contribution in [1.82, 2.24) is 9.29 Å². The van der Waals surface area contributed by atoms with Gasteiger partial charge in [-0.3, -0.25) is 15.1 Å². The van der Waals surface area contributed by atoms with Crippen LogP contribution in [0.3, 0.4) is 0 Å². The second-order valence-electron chi connectivity index (χ2n) is 6.50. The smallest absolute Gasteiger partial charge is 0.265 e. The number of hydrogen-bond acceptors (Lipinski definition) is 5. The second kappa shape index (κ2) is 7.14. The number of benzene rings is 2. The minimum Gasteiger partial charge on any atom is -0.265 e. The van der Waals surface area contributed by atoms with Crippen molar-refractivity contribution in [2.75, 3.05) is 6.54 Å². The molecule has 1 atom stereocenters. The molecule has 142 valence electrons. The minimum absolute atomic E-state index is 0.0385. The Morgan fingerprint density at radius 1 is 1.00 bits per heavy atom. The van der Waals surface area contributed by atoms with E-state index in [1.807, 2.05) is 36.4 Å². The van der Waals surface area contributed by atoms with Gasteiger partial charge in [-0.1, -0.05) is 24.3 Å². The molecule has 3 aromatic rings. The van der Waals surface area contributed by atoms with E-state index in [-0.39, 0.29) is 10.6 Å². The van der Waals surface area contributed by atoms with Gasteiger partial charge < -0.3 is 0 Å². The first-order chi connectivity index (χ1) is 13.5. The highest BCUT2D eigenvalue weighted by atomic mass is 32.2. The Labute approximate surface area is 162 Å². The molecule has 1 aliphatic rings. The Bertz CT molecular complexity index is 1120. The summed E-state index contributed by atoms with van der Waals surface area (Å²) in [5, 5.41) is 10.9. The highest BCUT2D eigenvalue weighted by Gasteiger charge is 2.37. The summed E-state index contributed by atoms with van der Waals surface area (Å²) in [7, 11) is -3.85. The summed E-state index contributed by atoms with van der Waals surface area (Å²) < 4.78 is 28.3. The van der Waals surface area contributed by atoms with Crippen molar-refractivity contribution in [2.45, 2.75) is 17.4 Å². The zero-order chi connectivity index (χ0) is 19.7. The van der Waals surface area contributed by atoms with Gasteiger partial charge >= 0.3 is 0 Å². The fraction of sp³-hybridized carbons (Fsp3) is 0.150. The normalized spacial score (nSPS) is 17.1. The molecule has 0 fully saturated rings. The van der Waals surface area contributed by atoms with Crippen molar-refractivity contribution < 1.29 is 13.3 Å². The molecule has 0 spiro atoms. The van der Waals surface area contributed by atoms with E-state index < -0.39 is 21.0 Å². The van der Waals surface area contributed by atoms with E-state index in [1.54, 1.807) is 12.4 Å². The van der Waals surface area contributed by atoms with Crippen LogP contribution in [-0.2, 0) is 16.4 Å². The maximum atomic E-state index is 13.4. The topological polar surface area (TPSA) is 93.4 Å². The molecule has 1 aliphatic heterocycles. The maximum absolute atomic E-state index is 13.4. The molecule has 2 aromatic carbocycles. The average Bonchev–Trinajstić information content (AvgIpc) is 2.73. The lowest BCUT2D eigenvalue weighted by molar-refractivity contribution is -0.384. The lowest BCUT2D eigenvalue weighted by Gasteiger charge is -2.36. The number of fused-ring (bicyclic) bond motifs is 1. The molecule has 0 aliphatic carbocycles. The van der Waals surface area contributed by atoms with Crippen LogP contribution in [-0.4, -0.2) is 29.2 Å². The third kappa shape index (κ3) is 3.17. The third-order valence-corrected chi connectivity index (χ3v) is 6.79. The monoisotopic (exact) mass is 395 g/mol. The van der Waals surface area contributed by atoms with Gasteiger partial charge in [-0.05, 0) is 47.4 Å². The first-order valence-electron chi connectivity index (χ1n) is 8.72. The van der Waals surface area contributed by atoms with E-state index in [9.17, 15) is 18.5 Å². The van der Waals surface area contributed by atoms with E-state index in [1.165, 1.54) is 28.6 Å². The van der Waals surface area contributed by atoms with Gasteiger partial charge in [0.25, 0.3) is 5.69 Å². The van der Waals surface area contributed by atoms with Crippen LogP contribution >= 0.6 is 0 Å². The molecule has 0 amide bonds. The fourth-order valence-electron chi connectivity index (χ4n) is 3.57. The van der Waals surface area contributed by atoms with Gasteiger partial charge in [-0.25, -0.2) is 8.42 Å². The van der Waals surface area contributed by atoms with Gasteiger partial charge in [-0.2, -0.15) is 4.31 Å². The number of pyridine rings is 1. The number of nitro benzene ring substituents is 1. The van der Waals surface area contributed by atoms with Crippen LogP contribution in [0.4, 0.5) is 5.69 Å². The Morgan fingerprint density at radius 3 is 2.36 bits per heavy atom. The van der Waals surface area contributed by atoms with Crippen molar-refractivity contribution in [2.24, 2.45) is 0 Å². The molecule has 7 nitrogen and oxygen atoms in total. The summed E-state index contributed by atoms with van der Waals surface area (Å²) in [5.74, 6) is 0. The molecule has 0 saturated heterocycles. The summed E-state index contributed by atoms with van der Waals surface area (Å²) >= 11 is 0. The van der Waals surface area contributed by atoms with E-state index in [4.69, 9.17) is 0 Å². The Balaban J connectivity index is 1.82. The summed E-state index contributed by atoms with van der Waals surface area (Å²) in [5.41, 5.74) is 2.73. The highest BCUT2D eigenvalue weighted by Crippen LogP contribution is 2.38. The zero-order valence-electron chi connectivity index (χ0n) is 14.8. The number of hydrogen-bond donors (Lipinski definition) is 0. The van der Waals surface area contributed by atoms with Crippen LogP contribution in [0.25, 0.3) is 0 Å². The molecule has 0 radical (unpaired) electrons. The number of sulfonamides is 1. The van der Waals surface area contributed by atoms with Gasteiger partial charge in [-0.15, -0.1) is 0 Å². The van der Waals surface area contributed by atoms with Crippen molar-refractivity contribution >= 4 is 15.7 Å². The fourth-order valence-corrected chi connectivity index (χ4v) is 5.16. The lowest BCUT2D eigenvalue weighted by Crippen LogP contribution is -2.40. The highest BCUT2D eigenvalue weighted by molar-refractivity contribution is 7.89. The largest absolute Gasteiger partial charge is 0.269 e. The van der Waals surface area contributed by atoms with Crippen LogP contribution in [0.15, 0.2) is 78.0 Å². The van der Waals surface area contributed by atoms with Crippen molar-refractivity contribution in [3.8, 4) is 0 Å². The molecule has 1 unspecified atom stereocenters. The summed E-state index contributed by atoms with van der Waals surface area (Å²) in [6.07, 6.45) is 3.89. The zero-order valence-corrected chi connectivity index (χ0v) is 15.6. The molecule has 1 aromatic heterocycles. The predicted molar refractivity (Wildman–Crippen MR) is 103 cm³/mol. The van der Waals surface area contributed by atoms with Crippen LogP contribution < -0.4 is 0 Å². The van der Waals surface area contributed by atoms with Crippen LogP contribution in [0.2, 0.25) is 0 Å². The molecule has 2 heterocycles. The average molecular weight is 395 g/mol. The molecule has 0 bridgehead atoms. The van der Waals surface area contributed by atoms with E-state index in [0.29, 0.717) is 13.0 Å². The molecule has 28 heavy (non-hydrogen) atoms. The first-order valence-corrected chi connectivity index (χ1v) is 10.2. The van der Waals surface area contributed by atoms with Crippen molar-refractivity contribution in [1.29, 1.82) is 0 Å². The summed E-state index contributed by atoms with van der Waals surface area (Å²) in [6, 6.07) is 16.0. The number of rotatable bonds is 4. The van der Waals surface area contributed by atoms with Gasteiger partial charge in [0.2, 0.25) is 10.0 Å². The molecular weight excluding hydrogens is 378 g/mol. The van der Waals surface area contributed by atoms with Crippen LogP contribution in [0.1, 0.15) is 22.7 Å². The van der Waals surface area contributed by atoms with Crippen molar-refractivity contribution in [3.05, 3.63) is 99.9 Å². The molecule has 4 rings (SSSR count). The Hall–Kier alpha value is -3.10. The number of nitro groups is 1. The third-order valence-electron chi connectivity index (χ3n) is 4.92.